The second-order valence-electron chi connectivity index (χ2n) is 9.48. The van der Waals surface area contributed by atoms with Gasteiger partial charge in [-0.15, -0.1) is 0 Å². The third-order valence-corrected chi connectivity index (χ3v) is 8.14. The monoisotopic (exact) mass is 551 g/mol. The fourth-order valence-electron chi connectivity index (χ4n) is 4.21. The largest absolute Gasteiger partial charge is 0.495 e. The van der Waals surface area contributed by atoms with Crippen LogP contribution in [0, 0.1) is 13.8 Å². The van der Waals surface area contributed by atoms with E-state index in [4.69, 9.17) is 4.74 Å². The highest BCUT2D eigenvalue weighted by molar-refractivity contribution is 7.92. The Morgan fingerprint density at radius 1 is 0.949 bits per heavy atom. The van der Waals surface area contributed by atoms with Gasteiger partial charge in [-0.05, 0) is 62.6 Å². The number of hydrogen-bond donors (Lipinski definition) is 1. The summed E-state index contributed by atoms with van der Waals surface area (Å²) in [6, 6.07) is 19.9. The molecule has 1 N–H and O–H groups in total. The Morgan fingerprint density at radius 3 is 2.28 bits per heavy atom. The minimum Gasteiger partial charge on any atom is -0.495 e. The van der Waals surface area contributed by atoms with E-state index in [2.05, 4.69) is 5.32 Å². The third kappa shape index (κ3) is 7.38. The molecule has 2 amide bonds. The Labute approximate surface area is 231 Å². The first-order valence-electron chi connectivity index (χ1n) is 12.9. The van der Waals surface area contributed by atoms with Crippen LogP contribution in [0.1, 0.15) is 37.0 Å². The number of rotatable bonds is 12. The van der Waals surface area contributed by atoms with Crippen LogP contribution in [0.2, 0.25) is 0 Å². The van der Waals surface area contributed by atoms with Gasteiger partial charge in [0.05, 0.1) is 17.7 Å². The van der Waals surface area contributed by atoms with E-state index in [1.54, 1.807) is 37.3 Å². The molecule has 3 rings (SSSR count). The lowest BCUT2D eigenvalue weighted by Gasteiger charge is -2.32. The van der Waals surface area contributed by atoms with E-state index in [1.807, 2.05) is 51.1 Å². The number of nitrogens with one attached hydrogen (secondary N) is 1. The average Bonchev–Trinajstić information content (AvgIpc) is 2.93. The second kappa shape index (κ2) is 13.3. The Hall–Kier alpha value is -3.85. The molecule has 9 heteroatoms. The van der Waals surface area contributed by atoms with Crippen molar-refractivity contribution in [2.24, 2.45) is 0 Å². The molecule has 1 atom stereocenters. The van der Waals surface area contributed by atoms with E-state index in [9.17, 15) is 18.0 Å². The van der Waals surface area contributed by atoms with Crippen molar-refractivity contribution in [1.29, 1.82) is 0 Å². The van der Waals surface area contributed by atoms with Crippen molar-refractivity contribution in [3.05, 3.63) is 89.5 Å². The maximum absolute atomic E-state index is 14.0. The van der Waals surface area contributed by atoms with E-state index in [1.165, 1.54) is 24.1 Å². The molecule has 0 heterocycles. The molecular weight excluding hydrogens is 514 g/mol. The van der Waals surface area contributed by atoms with Crippen LogP contribution < -0.4 is 14.4 Å². The van der Waals surface area contributed by atoms with Gasteiger partial charge in [0.1, 0.15) is 18.3 Å². The molecule has 39 heavy (non-hydrogen) atoms. The van der Waals surface area contributed by atoms with E-state index in [0.29, 0.717) is 12.3 Å². The van der Waals surface area contributed by atoms with Crippen LogP contribution in [0.15, 0.2) is 77.7 Å². The number of nitrogens with zero attached hydrogens (tertiary/aromatic N) is 2. The zero-order chi connectivity index (χ0) is 28.6. The highest BCUT2D eigenvalue weighted by atomic mass is 32.2. The summed E-state index contributed by atoms with van der Waals surface area (Å²) in [5, 5.41) is 2.85. The predicted molar refractivity (Wildman–Crippen MR) is 153 cm³/mol. The van der Waals surface area contributed by atoms with Crippen LogP contribution in [-0.2, 0) is 26.2 Å². The number of ether oxygens (including phenoxy) is 1. The second-order valence-corrected chi connectivity index (χ2v) is 11.3. The minimum absolute atomic E-state index is 0.0420. The Bertz CT molecular complexity index is 1390. The summed E-state index contributed by atoms with van der Waals surface area (Å²) in [7, 11) is -2.71. The quantitative estimate of drug-likeness (QED) is 0.359. The molecule has 3 aromatic rings. The summed E-state index contributed by atoms with van der Waals surface area (Å²) >= 11 is 0. The number of hydrogen-bond acceptors (Lipinski definition) is 5. The van der Waals surface area contributed by atoms with Gasteiger partial charge in [-0.1, -0.05) is 61.0 Å². The van der Waals surface area contributed by atoms with Crippen LogP contribution in [0.4, 0.5) is 5.69 Å². The number of methoxy groups -OCH3 is 1. The van der Waals surface area contributed by atoms with Crippen molar-refractivity contribution in [1.82, 2.24) is 10.2 Å². The lowest BCUT2D eigenvalue weighted by molar-refractivity contribution is -0.139. The molecule has 208 valence electrons. The van der Waals surface area contributed by atoms with E-state index in [0.717, 1.165) is 27.4 Å². The SMILES string of the molecule is CCCNC(=O)C(C)N(Cc1cccc(C)c1)C(=O)CN(c1cc(C)ccc1OC)S(=O)(=O)c1ccccc1. The van der Waals surface area contributed by atoms with Gasteiger partial charge in [-0.2, -0.15) is 0 Å². The van der Waals surface area contributed by atoms with E-state index in [-0.39, 0.29) is 23.0 Å². The van der Waals surface area contributed by atoms with Gasteiger partial charge in [-0.25, -0.2) is 8.42 Å². The fourth-order valence-corrected chi connectivity index (χ4v) is 5.65. The van der Waals surface area contributed by atoms with Crippen molar-refractivity contribution < 1.29 is 22.7 Å². The number of carbonyl (C=O) groups excluding carboxylic acids is 2. The van der Waals surface area contributed by atoms with Gasteiger partial charge in [0.15, 0.2) is 0 Å². The van der Waals surface area contributed by atoms with Gasteiger partial charge < -0.3 is 15.0 Å². The first-order valence-corrected chi connectivity index (χ1v) is 14.4. The molecule has 0 spiro atoms. The normalized spacial score (nSPS) is 11.9. The van der Waals surface area contributed by atoms with E-state index >= 15 is 0 Å². The highest BCUT2D eigenvalue weighted by Crippen LogP contribution is 2.33. The maximum atomic E-state index is 14.0. The molecule has 0 aliphatic heterocycles. The number of benzene rings is 3. The molecule has 0 saturated heterocycles. The minimum atomic E-state index is -4.17. The summed E-state index contributed by atoms with van der Waals surface area (Å²) in [6.07, 6.45) is 0.751. The zero-order valence-electron chi connectivity index (χ0n) is 23.2. The van der Waals surface area contributed by atoms with Crippen LogP contribution >= 0.6 is 0 Å². The smallest absolute Gasteiger partial charge is 0.264 e. The predicted octanol–water partition coefficient (Wildman–Crippen LogP) is 4.45. The van der Waals surface area contributed by atoms with Gasteiger partial charge in [-0.3, -0.25) is 13.9 Å². The van der Waals surface area contributed by atoms with Crippen LogP contribution in [0.25, 0.3) is 0 Å². The van der Waals surface area contributed by atoms with Crippen LogP contribution in [-0.4, -0.2) is 51.4 Å². The van der Waals surface area contributed by atoms with Crippen molar-refractivity contribution in [2.75, 3.05) is 24.5 Å². The summed E-state index contributed by atoms with van der Waals surface area (Å²) in [4.78, 5) is 28.4. The topological polar surface area (TPSA) is 96.0 Å². The summed E-state index contributed by atoms with van der Waals surface area (Å²) < 4.78 is 34.4. The molecule has 0 aliphatic carbocycles. The first kappa shape index (κ1) is 29.7. The molecule has 0 bridgehead atoms. The van der Waals surface area contributed by atoms with E-state index < -0.39 is 28.5 Å². The summed E-state index contributed by atoms with van der Waals surface area (Å²) in [5.41, 5.74) is 2.90. The Balaban J connectivity index is 2.08. The maximum Gasteiger partial charge on any atom is 0.264 e. The molecular formula is C30H37N3O5S. The Morgan fingerprint density at radius 2 is 1.64 bits per heavy atom. The van der Waals surface area contributed by atoms with Gasteiger partial charge >= 0.3 is 0 Å². The lowest BCUT2D eigenvalue weighted by atomic mass is 10.1. The number of sulfonamides is 1. The number of amides is 2. The highest BCUT2D eigenvalue weighted by Gasteiger charge is 2.33. The molecule has 0 radical (unpaired) electrons. The van der Waals surface area contributed by atoms with Crippen molar-refractivity contribution in [2.45, 2.75) is 51.6 Å². The zero-order valence-corrected chi connectivity index (χ0v) is 24.0. The van der Waals surface area contributed by atoms with Gasteiger partial charge in [0, 0.05) is 13.1 Å². The molecule has 0 saturated carbocycles. The van der Waals surface area contributed by atoms with Crippen LogP contribution in [0.5, 0.6) is 5.75 Å². The molecule has 0 aromatic heterocycles. The van der Waals surface area contributed by atoms with Crippen molar-refractivity contribution in [3.8, 4) is 5.75 Å². The van der Waals surface area contributed by atoms with Crippen molar-refractivity contribution >= 4 is 27.5 Å². The number of aryl methyl sites for hydroxylation is 2. The first-order chi connectivity index (χ1) is 18.6. The number of carbonyl (C=O) groups is 2. The molecule has 0 aliphatic rings. The van der Waals surface area contributed by atoms with Gasteiger partial charge in [0.25, 0.3) is 10.0 Å². The standard InChI is InChI=1S/C30H37N3O5S/c1-6-17-31-30(35)24(4)32(20-25-12-10-11-22(2)18-25)29(34)21-33(27-19-23(3)15-16-28(27)38-5)39(36,37)26-13-8-7-9-14-26/h7-16,18-19,24H,6,17,20-21H2,1-5H3,(H,31,35). The summed E-state index contributed by atoms with van der Waals surface area (Å²) in [6.45, 7) is 7.49. The lowest BCUT2D eigenvalue weighted by Crippen LogP contribution is -2.51. The molecule has 3 aromatic carbocycles. The fraction of sp³-hybridized carbons (Fsp3) is 0.333. The van der Waals surface area contributed by atoms with Gasteiger partial charge in [0.2, 0.25) is 11.8 Å². The van der Waals surface area contributed by atoms with Crippen LogP contribution in [0.3, 0.4) is 0 Å². The third-order valence-electron chi connectivity index (χ3n) is 6.37. The van der Waals surface area contributed by atoms with Crippen molar-refractivity contribution in [3.63, 3.8) is 0 Å². The molecule has 0 fully saturated rings. The summed E-state index contributed by atoms with van der Waals surface area (Å²) in [5.74, 6) is -0.506. The molecule has 1 unspecified atom stereocenters. The number of anilines is 1. The Kier molecular flexibility index (Phi) is 10.1. The average molecular weight is 552 g/mol. The molecule has 8 nitrogen and oxygen atoms in total.